The summed E-state index contributed by atoms with van der Waals surface area (Å²) in [7, 11) is 0. The van der Waals surface area contributed by atoms with E-state index in [1.807, 2.05) is 6.07 Å². The fourth-order valence-electron chi connectivity index (χ4n) is 5.16. The van der Waals surface area contributed by atoms with Crippen molar-refractivity contribution in [3.05, 3.63) is 23.5 Å². The van der Waals surface area contributed by atoms with E-state index < -0.39 is 0 Å². The van der Waals surface area contributed by atoms with Crippen molar-refractivity contribution >= 4 is 17.0 Å². The van der Waals surface area contributed by atoms with Crippen molar-refractivity contribution < 1.29 is 9.32 Å². The first kappa shape index (κ1) is 18.4. The van der Waals surface area contributed by atoms with Gasteiger partial charge in [-0.1, -0.05) is 18.0 Å². The fourth-order valence-corrected chi connectivity index (χ4v) is 5.16. The van der Waals surface area contributed by atoms with Crippen molar-refractivity contribution in [2.45, 2.75) is 89.3 Å². The Bertz CT molecular complexity index is 833. The fraction of sp³-hybridized carbons (Fsp3) is 0.667. The first-order chi connectivity index (χ1) is 12.7. The Labute approximate surface area is 160 Å². The maximum absolute atomic E-state index is 12.9. The summed E-state index contributed by atoms with van der Waals surface area (Å²) < 4.78 is 5.40. The predicted octanol–water partition coefficient (Wildman–Crippen LogP) is 3.92. The van der Waals surface area contributed by atoms with E-state index in [1.54, 1.807) is 6.20 Å². The van der Waals surface area contributed by atoms with Gasteiger partial charge in [-0.2, -0.15) is 0 Å². The van der Waals surface area contributed by atoms with Crippen molar-refractivity contribution in [2.24, 2.45) is 0 Å². The van der Waals surface area contributed by atoms with Gasteiger partial charge in [0.25, 0.3) is 11.6 Å². The number of carbonyl (C=O) groups is 1. The predicted molar refractivity (Wildman–Crippen MR) is 105 cm³/mol. The van der Waals surface area contributed by atoms with Crippen LogP contribution in [-0.4, -0.2) is 33.2 Å². The third-order valence-electron chi connectivity index (χ3n) is 5.89. The number of nitrogens with one attached hydrogen (secondary N) is 2. The molecule has 2 N–H and O–H groups in total. The molecule has 1 saturated heterocycles. The topological polar surface area (TPSA) is 80.1 Å². The Hall–Kier alpha value is -1.95. The third-order valence-corrected chi connectivity index (χ3v) is 5.89. The quantitative estimate of drug-likeness (QED) is 0.856. The summed E-state index contributed by atoms with van der Waals surface area (Å²) in [6, 6.07) is 2.04. The average Bonchev–Trinajstić information content (AvgIpc) is 3.20. The van der Waals surface area contributed by atoms with Crippen LogP contribution in [0.3, 0.4) is 0 Å². The first-order valence-corrected chi connectivity index (χ1v) is 10.1. The normalized spacial score (nSPS) is 23.0. The van der Waals surface area contributed by atoms with Gasteiger partial charge in [0.05, 0.1) is 16.6 Å². The second-order valence-electron chi connectivity index (χ2n) is 9.60. The van der Waals surface area contributed by atoms with Crippen LogP contribution in [0.5, 0.6) is 0 Å². The number of piperidine rings is 1. The largest absolute Gasteiger partial charge is 0.349 e. The van der Waals surface area contributed by atoms with Crippen LogP contribution in [-0.2, 0) is 0 Å². The van der Waals surface area contributed by atoms with Crippen LogP contribution in [0.25, 0.3) is 11.1 Å². The summed E-state index contributed by atoms with van der Waals surface area (Å²) in [5.41, 5.74) is 2.06. The van der Waals surface area contributed by atoms with Crippen LogP contribution in [0.15, 0.2) is 16.8 Å². The first-order valence-electron chi connectivity index (χ1n) is 10.1. The summed E-state index contributed by atoms with van der Waals surface area (Å²) >= 11 is 0. The van der Waals surface area contributed by atoms with Crippen LogP contribution in [0.2, 0.25) is 0 Å². The molecule has 1 aliphatic carbocycles. The number of pyridine rings is 1. The van der Waals surface area contributed by atoms with Crippen molar-refractivity contribution in [2.75, 3.05) is 0 Å². The molecule has 1 aliphatic heterocycles. The lowest BCUT2D eigenvalue weighted by Gasteiger charge is -2.46. The minimum atomic E-state index is -0.0681. The SMILES string of the molecule is CC1(C)CC(NC(=O)c2cnc3onc(C4CCCC4)c3c2)CC(C)(C)N1. The molecule has 4 rings (SSSR count). The average molecular weight is 370 g/mol. The Morgan fingerprint density at radius 1 is 1.19 bits per heavy atom. The van der Waals surface area contributed by atoms with Gasteiger partial charge in [-0.25, -0.2) is 4.98 Å². The molecule has 0 spiro atoms. The Kier molecular flexibility index (Phi) is 4.49. The van der Waals surface area contributed by atoms with E-state index >= 15 is 0 Å². The van der Waals surface area contributed by atoms with Gasteiger partial charge >= 0.3 is 0 Å². The summed E-state index contributed by atoms with van der Waals surface area (Å²) in [6.07, 6.45) is 8.13. The summed E-state index contributed by atoms with van der Waals surface area (Å²) in [5, 5.41) is 12.0. The Morgan fingerprint density at radius 3 is 2.52 bits per heavy atom. The van der Waals surface area contributed by atoms with Gasteiger partial charge in [0.1, 0.15) is 0 Å². The maximum atomic E-state index is 12.9. The lowest BCUT2D eigenvalue weighted by atomic mass is 9.79. The third kappa shape index (κ3) is 3.86. The lowest BCUT2D eigenvalue weighted by molar-refractivity contribution is 0.0873. The molecule has 0 aromatic carbocycles. The Morgan fingerprint density at radius 2 is 1.85 bits per heavy atom. The van der Waals surface area contributed by atoms with E-state index in [9.17, 15) is 4.79 Å². The number of hydrogen-bond donors (Lipinski definition) is 2. The lowest BCUT2D eigenvalue weighted by Crippen LogP contribution is -2.62. The zero-order valence-electron chi connectivity index (χ0n) is 16.8. The molecule has 1 amide bonds. The monoisotopic (exact) mass is 370 g/mol. The highest BCUT2D eigenvalue weighted by Gasteiger charge is 2.38. The molecule has 146 valence electrons. The van der Waals surface area contributed by atoms with Crippen molar-refractivity contribution in [1.82, 2.24) is 20.8 Å². The summed E-state index contributed by atoms with van der Waals surface area (Å²) in [6.45, 7) is 8.74. The minimum absolute atomic E-state index is 0.00791. The molecular formula is C21H30N4O2. The van der Waals surface area contributed by atoms with Gasteiger partial charge in [0, 0.05) is 29.2 Å². The van der Waals surface area contributed by atoms with Crippen molar-refractivity contribution in [3.63, 3.8) is 0 Å². The highest BCUT2D eigenvalue weighted by Crippen LogP contribution is 2.37. The van der Waals surface area contributed by atoms with Gasteiger partial charge in [0.15, 0.2) is 0 Å². The minimum Gasteiger partial charge on any atom is -0.349 e. The number of nitrogens with zero attached hydrogens (tertiary/aromatic N) is 2. The maximum Gasteiger partial charge on any atom is 0.257 e. The Balaban J connectivity index is 1.55. The number of amides is 1. The van der Waals surface area contributed by atoms with Gasteiger partial charge in [-0.05, 0) is 59.4 Å². The van der Waals surface area contributed by atoms with E-state index in [1.165, 1.54) is 12.8 Å². The molecule has 2 aromatic rings. The number of fused-ring (bicyclic) bond motifs is 1. The van der Waals surface area contributed by atoms with Crippen LogP contribution < -0.4 is 10.6 Å². The molecule has 2 aliphatic rings. The number of carbonyl (C=O) groups excluding carboxylic acids is 1. The molecule has 3 heterocycles. The molecule has 27 heavy (non-hydrogen) atoms. The van der Waals surface area contributed by atoms with Crippen LogP contribution in [0.4, 0.5) is 0 Å². The highest BCUT2D eigenvalue weighted by atomic mass is 16.5. The zero-order valence-corrected chi connectivity index (χ0v) is 16.8. The van der Waals surface area contributed by atoms with E-state index in [0.29, 0.717) is 17.2 Å². The van der Waals surface area contributed by atoms with Gasteiger partial charge in [-0.15, -0.1) is 0 Å². The number of aromatic nitrogens is 2. The standard InChI is InChI=1S/C21H30N4O2/c1-20(2)10-15(11-21(3,4)25-20)23-18(26)14-9-16-17(13-7-5-6-8-13)24-27-19(16)22-12-14/h9,12-13,15,25H,5-8,10-11H2,1-4H3,(H,23,26). The molecule has 0 atom stereocenters. The molecule has 0 bridgehead atoms. The van der Waals surface area contributed by atoms with E-state index in [2.05, 4.69) is 48.5 Å². The van der Waals surface area contributed by atoms with Crippen LogP contribution >= 0.6 is 0 Å². The van der Waals surface area contributed by atoms with Gasteiger partial charge in [-0.3, -0.25) is 4.79 Å². The van der Waals surface area contributed by atoms with Crippen LogP contribution in [0, 0.1) is 0 Å². The van der Waals surface area contributed by atoms with Gasteiger partial charge in [0.2, 0.25) is 0 Å². The summed E-state index contributed by atoms with van der Waals surface area (Å²) in [5.74, 6) is 0.360. The number of hydrogen-bond acceptors (Lipinski definition) is 5. The molecule has 2 fully saturated rings. The molecule has 0 radical (unpaired) electrons. The molecule has 6 heteroatoms. The van der Waals surface area contributed by atoms with E-state index in [0.717, 1.165) is 36.8 Å². The van der Waals surface area contributed by atoms with Crippen LogP contribution in [0.1, 0.15) is 88.2 Å². The smallest absolute Gasteiger partial charge is 0.257 e. The molecular weight excluding hydrogens is 340 g/mol. The second kappa shape index (κ2) is 6.59. The number of rotatable bonds is 3. The van der Waals surface area contributed by atoms with Crippen molar-refractivity contribution in [3.8, 4) is 0 Å². The van der Waals surface area contributed by atoms with E-state index in [4.69, 9.17) is 4.52 Å². The molecule has 1 saturated carbocycles. The van der Waals surface area contributed by atoms with E-state index in [-0.39, 0.29) is 23.0 Å². The van der Waals surface area contributed by atoms with Crippen molar-refractivity contribution in [1.29, 1.82) is 0 Å². The summed E-state index contributed by atoms with van der Waals surface area (Å²) in [4.78, 5) is 17.3. The molecule has 2 aromatic heterocycles. The molecule has 6 nitrogen and oxygen atoms in total. The second-order valence-corrected chi connectivity index (χ2v) is 9.60. The molecule has 0 unspecified atom stereocenters. The zero-order chi connectivity index (χ0) is 19.2. The highest BCUT2D eigenvalue weighted by molar-refractivity contribution is 5.97. The van der Waals surface area contributed by atoms with Gasteiger partial charge < -0.3 is 15.2 Å².